The molecule has 6 nitrogen and oxygen atoms in total. The largest absolute Gasteiger partial charge is 0.484 e. The van der Waals surface area contributed by atoms with E-state index in [0.717, 1.165) is 0 Å². The lowest BCUT2D eigenvalue weighted by Crippen LogP contribution is -2.45. The van der Waals surface area contributed by atoms with Crippen LogP contribution in [0.1, 0.15) is 20.8 Å². The lowest BCUT2D eigenvalue weighted by Gasteiger charge is -2.19. The van der Waals surface area contributed by atoms with Crippen molar-refractivity contribution in [2.75, 3.05) is 6.61 Å². The van der Waals surface area contributed by atoms with Crippen molar-refractivity contribution in [1.29, 1.82) is 0 Å². The Hall–Kier alpha value is -2.24. The Morgan fingerprint density at radius 1 is 1.11 bits per heavy atom. The average Bonchev–Trinajstić information content (AvgIpc) is 2.33. The van der Waals surface area contributed by atoms with Gasteiger partial charge >= 0.3 is 6.09 Å². The SMILES string of the molecule is CC(C)(C)OC(=O)NNC(=O)COc1ccccc1. The van der Waals surface area contributed by atoms with E-state index in [-0.39, 0.29) is 6.61 Å². The Morgan fingerprint density at radius 2 is 1.74 bits per heavy atom. The van der Waals surface area contributed by atoms with Gasteiger partial charge in [0.15, 0.2) is 6.61 Å². The maximum atomic E-state index is 11.4. The van der Waals surface area contributed by atoms with Crippen LogP contribution >= 0.6 is 0 Å². The monoisotopic (exact) mass is 266 g/mol. The van der Waals surface area contributed by atoms with Gasteiger partial charge in [-0.05, 0) is 32.9 Å². The topological polar surface area (TPSA) is 76.7 Å². The third-order valence-corrected chi connectivity index (χ3v) is 1.82. The molecule has 0 atom stereocenters. The second-order valence-corrected chi connectivity index (χ2v) is 4.78. The molecule has 0 spiro atoms. The maximum Gasteiger partial charge on any atom is 0.426 e. The van der Waals surface area contributed by atoms with E-state index < -0.39 is 17.6 Å². The Kier molecular flexibility index (Phi) is 5.17. The second-order valence-electron chi connectivity index (χ2n) is 4.78. The summed E-state index contributed by atoms with van der Waals surface area (Å²) < 4.78 is 10.1. The van der Waals surface area contributed by atoms with Gasteiger partial charge in [-0.2, -0.15) is 0 Å². The summed E-state index contributed by atoms with van der Waals surface area (Å²) in [6, 6.07) is 8.90. The molecule has 19 heavy (non-hydrogen) atoms. The smallest absolute Gasteiger partial charge is 0.426 e. The highest BCUT2D eigenvalue weighted by Crippen LogP contribution is 2.07. The highest BCUT2D eigenvalue weighted by atomic mass is 16.6. The van der Waals surface area contributed by atoms with Gasteiger partial charge < -0.3 is 9.47 Å². The zero-order valence-electron chi connectivity index (χ0n) is 11.2. The molecule has 0 aromatic heterocycles. The predicted molar refractivity (Wildman–Crippen MR) is 69.4 cm³/mol. The van der Waals surface area contributed by atoms with Crippen LogP contribution in [-0.4, -0.2) is 24.2 Å². The number of amides is 2. The Balaban J connectivity index is 2.23. The molecule has 0 heterocycles. The molecule has 6 heteroatoms. The van der Waals surface area contributed by atoms with E-state index in [2.05, 4.69) is 10.9 Å². The number of nitrogens with one attached hydrogen (secondary N) is 2. The third-order valence-electron chi connectivity index (χ3n) is 1.82. The molecule has 0 aliphatic carbocycles. The number of rotatable bonds is 3. The minimum atomic E-state index is -0.722. The molecule has 0 radical (unpaired) electrons. The maximum absolute atomic E-state index is 11.4. The van der Waals surface area contributed by atoms with Gasteiger partial charge in [-0.25, -0.2) is 10.2 Å². The van der Waals surface area contributed by atoms with Crippen LogP contribution in [0.4, 0.5) is 4.79 Å². The Bertz CT molecular complexity index is 426. The van der Waals surface area contributed by atoms with Crippen molar-refractivity contribution in [2.45, 2.75) is 26.4 Å². The van der Waals surface area contributed by atoms with Crippen molar-refractivity contribution in [1.82, 2.24) is 10.9 Å². The number of ether oxygens (including phenoxy) is 2. The standard InChI is InChI=1S/C13H18N2O4/c1-13(2,3)19-12(17)15-14-11(16)9-18-10-7-5-4-6-8-10/h4-8H,9H2,1-3H3,(H,14,16)(H,15,17). The number of para-hydroxylation sites is 1. The summed E-state index contributed by atoms with van der Waals surface area (Å²) in [7, 11) is 0. The van der Waals surface area contributed by atoms with E-state index in [4.69, 9.17) is 9.47 Å². The highest BCUT2D eigenvalue weighted by Gasteiger charge is 2.16. The molecule has 2 N–H and O–H groups in total. The van der Waals surface area contributed by atoms with Crippen LogP contribution in [0.5, 0.6) is 5.75 Å². The molecule has 104 valence electrons. The van der Waals surface area contributed by atoms with Gasteiger partial charge in [0.2, 0.25) is 0 Å². The van der Waals surface area contributed by atoms with Gasteiger partial charge in [-0.1, -0.05) is 18.2 Å². The first-order valence-corrected chi connectivity index (χ1v) is 5.82. The van der Waals surface area contributed by atoms with E-state index in [1.165, 1.54) is 0 Å². The zero-order valence-corrected chi connectivity index (χ0v) is 11.2. The molecule has 0 aliphatic rings. The van der Waals surface area contributed by atoms with Crippen LogP contribution in [0.2, 0.25) is 0 Å². The van der Waals surface area contributed by atoms with Crippen LogP contribution in [0.3, 0.4) is 0 Å². The number of hydrogen-bond acceptors (Lipinski definition) is 4. The van der Waals surface area contributed by atoms with Gasteiger partial charge in [-0.3, -0.25) is 10.2 Å². The summed E-state index contributed by atoms with van der Waals surface area (Å²) >= 11 is 0. The predicted octanol–water partition coefficient (Wildman–Crippen LogP) is 1.62. The zero-order chi connectivity index (χ0) is 14.3. The number of carbonyl (C=O) groups excluding carboxylic acids is 2. The van der Waals surface area contributed by atoms with E-state index in [1.807, 2.05) is 6.07 Å². The van der Waals surface area contributed by atoms with E-state index in [1.54, 1.807) is 45.0 Å². The molecule has 0 fully saturated rings. The van der Waals surface area contributed by atoms with Gasteiger partial charge in [-0.15, -0.1) is 0 Å². The van der Waals surface area contributed by atoms with Crippen LogP contribution in [0, 0.1) is 0 Å². The molecule has 0 saturated heterocycles. The molecule has 0 unspecified atom stereocenters. The number of hydrogen-bond donors (Lipinski definition) is 2. The van der Waals surface area contributed by atoms with Crippen molar-refractivity contribution in [3.63, 3.8) is 0 Å². The molecule has 0 bridgehead atoms. The number of carbonyl (C=O) groups is 2. The van der Waals surface area contributed by atoms with Gasteiger partial charge in [0.05, 0.1) is 0 Å². The van der Waals surface area contributed by atoms with Gasteiger partial charge in [0, 0.05) is 0 Å². The van der Waals surface area contributed by atoms with Crippen molar-refractivity contribution < 1.29 is 19.1 Å². The van der Waals surface area contributed by atoms with Crippen LogP contribution < -0.4 is 15.6 Å². The first kappa shape index (κ1) is 14.8. The summed E-state index contributed by atoms with van der Waals surface area (Å²) in [5, 5.41) is 0. The first-order valence-electron chi connectivity index (χ1n) is 5.82. The minimum Gasteiger partial charge on any atom is -0.484 e. The summed E-state index contributed by atoms with van der Waals surface area (Å²) in [4.78, 5) is 22.6. The van der Waals surface area contributed by atoms with Crippen molar-refractivity contribution in [3.8, 4) is 5.75 Å². The fourth-order valence-corrected chi connectivity index (χ4v) is 1.13. The molecule has 1 rings (SSSR count). The van der Waals surface area contributed by atoms with Crippen molar-refractivity contribution in [3.05, 3.63) is 30.3 Å². The summed E-state index contributed by atoms with van der Waals surface area (Å²) in [6.07, 6.45) is -0.722. The first-order chi connectivity index (χ1) is 8.87. The highest BCUT2D eigenvalue weighted by molar-refractivity contribution is 5.80. The van der Waals surface area contributed by atoms with Gasteiger partial charge in [0.25, 0.3) is 5.91 Å². The Morgan fingerprint density at radius 3 is 2.32 bits per heavy atom. The summed E-state index contributed by atoms with van der Waals surface area (Å²) in [5.74, 6) is 0.102. The molecular weight excluding hydrogens is 248 g/mol. The molecule has 0 saturated carbocycles. The van der Waals surface area contributed by atoms with E-state index in [9.17, 15) is 9.59 Å². The summed E-state index contributed by atoms with van der Waals surface area (Å²) in [5.41, 5.74) is 3.71. The molecule has 1 aromatic rings. The van der Waals surface area contributed by atoms with E-state index >= 15 is 0 Å². The normalized spacial score (nSPS) is 10.5. The number of benzene rings is 1. The quantitative estimate of drug-likeness (QED) is 0.815. The fourth-order valence-electron chi connectivity index (χ4n) is 1.13. The molecule has 1 aromatic carbocycles. The lowest BCUT2D eigenvalue weighted by molar-refractivity contribution is -0.124. The third kappa shape index (κ3) is 6.92. The molecular formula is C13H18N2O4. The van der Waals surface area contributed by atoms with E-state index in [0.29, 0.717) is 5.75 Å². The van der Waals surface area contributed by atoms with Crippen LogP contribution in [-0.2, 0) is 9.53 Å². The second kappa shape index (κ2) is 6.63. The molecule has 2 amide bonds. The average molecular weight is 266 g/mol. The van der Waals surface area contributed by atoms with Crippen molar-refractivity contribution >= 4 is 12.0 Å². The van der Waals surface area contributed by atoms with Gasteiger partial charge in [0.1, 0.15) is 11.4 Å². The number of hydrazine groups is 1. The lowest BCUT2D eigenvalue weighted by atomic mass is 10.2. The Labute approximate surface area is 112 Å². The molecule has 0 aliphatic heterocycles. The fraction of sp³-hybridized carbons (Fsp3) is 0.385. The van der Waals surface area contributed by atoms with Crippen molar-refractivity contribution in [2.24, 2.45) is 0 Å². The van der Waals surface area contributed by atoms with Crippen LogP contribution in [0.25, 0.3) is 0 Å². The summed E-state index contributed by atoms with van der Waals surface area (Å²) in [6.45, 7) is 4.99. The van der Waals surface area contributed by atoms with Crippen LogP contribution in [0.15, 0.2) is 30.3 Å². The minimum absolute atomic E-state index is 0.195.